The smallest absolute Gasteiger partial charge is 0.139 e. The largest absolute Gasteiger partial charge is 0.390 e. The van der Waals surface area contributed by atoms with Crippen molar-refractivity contribution in [1.82, 2.24) is 9.97 Å². The molecule has 0 spiro atoms. The van der Waals surface area contributed by atoms with Gasteiger partial charge in [0.15, 0.2) is 0 Å². The van der Waals surface area contributed by atoms with Crippen molar-refractivity contribution < 1.29 is 5.11 Å². The SMILES string of the molecule is CC1(O)CCCN(c2ncnc3ccccc23)CC1. The number of hydrogen-bond donors (Lipinski definition) is 1. The van der Waals surface area contributed by atoms with E-state index in [0.29, 0.717) is 0 Å². The fourth-order valence-electron chi connectivity index (χ4n) is 2.72. The molecule has 0 bridgehead atoms. The first-order chi connectivity index (χ1) is 9.16. The maximum Gasteiger partial charge on any atom is 0.139 e. The number of aromatic nitrogens is 2. The predicted octanol–water partition coefficient (Wildman–Crippen LogP) is 2.37. The summed E-state index contributed by atoms with van der Waals surface area (Å²) < 4.78 is 0. The normalized spacial score (nSPS) is 24.4. The molecule has 2 aromatic rings. The summed E-state index contributed by atoms with van der Waals surface area (Å²) in [6.45, 7) is 3.71. The van der Waals surface area contributed by atoms with Gasteiger partial charge in [-0.15, -0.1) is 0 Å². The average molecular weight is 257 g/mol. The van der Waals surface area contributed by atoms with Gasteiger partial charge in [-0.2, -0.15) is 0 Å². The summed E-state index contributed by atoms with van der Waals surface area (Å²) in [6.07, 6.45) is 4.25. The van der Waals surface area contributed by atoms with E-state index in [1.807, 2.05) is 25.1 Å². The molecule has 1 aliphatic rings. The summed E-state index contributed by atoms with van der Waals surface area (Å²) in [5.41, 5.74) is 0.431. The lowest BCUT2D eigenvalue weighted by molar-refractivity contribution is 0.0481. The summed E-state index contributed by atoms with van der Waals surface area (Å²) in [6, 6.07) is 8.08. The zero-order valence-electron chi connectivity index (χ0n) is 11.2. The van der Waals surface area contributed by atoms with E-state index in [-0.39, 0.29) is 0 Å². The number of hydrogen-bond acceptors (Lipinski definition) is 4. The molecule has 1 fully saturated rings. The Bertz CT molecular complexity index is 577. The van der Waals surface area contributed by atoms with Gasteiger partial charge < -0.3 is 10.0 Å². The minimum absolute atomic E-state index is 0.544. The predicted molar refractivity (Wildman–Crippen MR) is 76.2 cm³/mol. The molecule has 1 aliphatic heterocycles. The highest BCUT2D eigenvalue weighted by atomic mass is 16.3. The van der Waals surface area contributed by atoms with Crippen molar-refractivity contribution in [3.63, 3.8) is 0 Å². The van der Waals surface area contributed by atoms with Crippen LogP contribution in [0.15, 0.2) is 30.6 Å². The summed E-state index contributed by atoms with van der Waals surface area (Å²) in [4.78, 5) is 11.0. The Morgan fingerprint density at radius 1 is 1.16 bits per heavy atom. The lowest BCUT2D eigenvalue weighted by Gasteiger charge is -2.24. The average Bonchev–Trinajstić information content (AvgIpc) is 2.59. The third-order valence-corrected chi connectivity index (χ3v) is 3.89. The summed E-state index contributed by atoms with van der Waals surface area (Å²) in [5.74, 6) is 0.989. The minimum atomic E-state index is -0.544. The van der Waals surface area contributed by atoms with Gasteiger partial charge in [-0.25, -0.2) is 9.97 Å². The molecular formula is C15H19N3O. The highest BCUT2D eigenvalue weighted by molar-refractivity contribution is 5.89. The summed E-state index contributed by atoms with van der Waals surface area (Å²) in [7, 11) is 0. The monoisotopic (exact) mass is 257 g/mol. The number of fused-ring (bicyclic) bond motifs is 1. The van der Waals surface area contributed by atoms with Crippen LogP contribution in [-0.4, -0.2) is 33.8 Å². The van der Waals surface area contributed by atoms with Crippen molar-refractivity contribution in [3.8, 4) is 0 Å². The van der Waals surface area contributed by atoms with Gasteiger partial charge in [0, 0.05) is 18.5 Å². The van der Waals surface area contributed by atoms with Crippen molar-refractivity contribution in [2.24, 2.45) is 0 Å². The van der Waals surface area contributed by atoms with Crippen molar-refractivity contribution in [3.05, 3.63) is 30.6 Å². The Labute approximate surface area is 113 Å². The van der Waals surface area contributed by atoms with Crippen LogP contribution in [0.1, 0.15) is 26.2 Å². The first-order valence-electron chi connectivity index (χ1n) is 6.83. The van der Waals surface area contributed by atoms with Crippen LogP contribution in [0.3, 0.4) is 0 Å². The van der Waals surface area contributed by atoms with Gasteiger partial charge in [-0.3, -0.25) is 0 Å². The molecule has 0 aliphatic carbocycles. The van der Waals surface area contributed by atoms with Gasteiger partial charge in [-0.1, -0.05) is 12.1 Å². The Morgan fingerprint density at radius 2 is 2.00 bits per heavy atom. The first-order valence-corrected chi connectivity index (χ1v) is 6.83. The maximum absolute atomic E-state index is 10.2. The molecule has 1 atom stereocenters. The second kappa shape index (κ2) is 4.78. The molecule has 1 aromatic carbocycles. The molecular weight excluding hydrogens is 238 g/mol. The quantitative estimate of drug-likeness (QED) is 0.852. The lowest BCUT2D eigenvalue weighted by Crippen LogP contribution is -2.29. The number of anilines is 1. The van der Waals surface area contributed by atoms with Gasteiger partial charge >= 0.3 is 0 Å². The highest BCUT2D eigenvalue weighted by Gasteiger charge is 2.26. The molecule has 4 nitrogen and oxygen atoms in total. The zero-order chi connectivity index (χ0) is 13.3. The topological polar surface area (TPSA) is 49.2 Å². The fraction of sp³-hybridized carbons (Fsp3) is 0.467. The number of benzene rings is 1. The Kier molecular flexibility index (Phi) is 3.11. The Hall–Kier alpha value is -1.68. The van der Waals surface area contributed by atoms with Gasteiger partial charge in [0.2, 0.25) is 0 Å². The van der Waals surface area contributed by atoms with E-state index >= 15 is 0 Å². The number of nitrogens with zero attached hydrogens (tertiary/aromatic N) is 3. The second-order valence-corrected chi connectivity index (χ2v) is 5.55. The van der Waals surface area contributed by atoms with E-state index in [1.165, 1.54) is 0 Å². The van der Waals surface area contributed by atoms with Crippen molar-refractivity contribution in [2.75, 3.05) is 18.0 Å². The molecule has 4 heteroatoms. The van der Waals surface area contributed by atoms with E-state index in [1.54, 1.807) is 6.33 Å². The Morgan fingerprint density at radius 3 is 2.89 bits per heavy atom. The molecule has 1 aromatic heterocycles. The zero-order valence-corrected chi connectivity index (χ0v) is 11.2. The molecule has 100 valence electrons. The second-order valence-electron chi connectivity index (χ2n) is 5.55. The van der Waals surface area contributed by atoms with Crippen molar-refractivity contribution in [2.45, 2.75) is 31.8 Å². The highest BCUT2D eigenvalue weighted by Crippen LogP contribution is 2.28. The molecule has 2 heterocycles. The van der Waals surface area contributed by atoms with Crippen LogP contribution in [0, 0.1) is 0 Å². The van der Waals surface area contributed by atoms with Crippen LogP contribution in [0.25, 0.3) is 10.9 Å². The maximum atomic E-state index is 10.2. The van der Waals surface area contributed by atoms with Crippen LogP contribution in [0.2, 0.25) is 0 Å². The third kappa shape index (κ3) is 2.54. The molecule has 0 amide bonds. The standard InChI is InChI=1S/C15H19N3O/c1-15(19)7-4-9-18(10-8-15)14-12-5-2-3-6-13(12)16-11-17-14/h2-3,5-6,11,19H,4,7-10H2,1H3. The van der Waals surface area contributed by atoms with Gasteiger partial charge in [0.05, 0.1) is 11.1 Å². The first kappa shape index (κ1) is 12.4. The molecule has 19 heavy (non-hydrogen) atoms. The van der Waals surface area contributed by atoms with Gasteiger partial charge in [-0.05, 0) is 38.3 Å². The summed E-state index contributed by atoms with van der Waals surface area (Å²) >= 11 is 0. The van der Waals surface area contributed by atoms with Crippen LogP contribution >= 0.6 is 0 Å². The van der Waals surface area contributed by atoms with E-state index in [2.05, 4.69) is 20.9 Å². The molecule has 1 saturated heterocycles. The molecule has 0 saturated carbocycles. The molecule has 0 radical (unpaired) electrons. The van der Waals surface area contributed by atoms with Gasteiger partial charge in [0.1, 0.15) is 12.1 Å². The number of rotatable bonds is 1. The molecule has 1 unspecified atom stereocenters. The molecule has 1 N–H and O–H groups in total. The van der Waals surface area contributed by atoms with E-state index < -0.39 is 5.60 Å². The fourth-order valence-corrected chi connectivity index (χ4v) is 2.72. The van der Waals surface area contributed by atoms with Gasteiger partial charge in [0.25, 0.3) is 0 Å². The van der Waals surface area contributed by atoms with Crippen molar-refractivity contribution in [1.29, 1.82) is 0 Å². The minimum Gasteiger partial charge on any atom is -0.390 e. The number of aliphatic hydroxyl groups is 1. The van der Waals surface area contributed by atoms with Crippen LogP contribution < -0.4 is 4.90 Å². The summed E-state index contributed by atoms with van der Waals surface area (Å²) in [5, 5.41) is 11.3. The van der Waals surface area contributed by atoms with Crippen LogP contribution in [-0.2, 0) is 0 Å². The van der Waals surface area contributed by atoms with Crippen molar-refractivity contribution >= 4 is 16.7 Å². The van der Waals surface area contributed by atoms with Crippen LogP contribution in [0.5, 0.6) is 0 Å². The van der Waals surface area contributed by atoms with Crippen LogP contribution in [0.4, 0.5) is 5.82 Å². The van der Waals surface area contributed by atoms with E-state index in [4.69, 9.17) is 0 Å². The molecule has 3 rings (SSSR count). The van der Waals surface area contributed by atoms with E-state index in [9.17, 15) is 5.11 Å². The number of para-hydroxylation sites is 1. The van der Waals surface area contributed by atoms with E-state index in [0.717, 1.165) is 49.1 Å². The lowest BCUT2D eigenvalue weighted by atomic mass is 9.98. The Balaban J connectivity index is 1.96. The third-order valence-electron chi connectivity index (χ3n) is 3.89.